The van der Waals surface area contributed by atoms with E-state index in [4.69, 9.17) is 11.5 Å². The van der Waals surface area contributed by atoms with Crippen LogP contribution in [0.25, 0.3) is 10.1 Å². The largest absolute Gasteiger partial charge is 0.465 e. The minimum atomic E-state index is -0.548. The lowest BCUT2D eigenvalue weighted by Crippen LogP contribution is -2.01. The third-order valence-electron chi connectivity index (χ3n) is 2.22. The maximum Gasteiger partial charge on any atom is 0.350 e. The summed E-state index contributed by atoms with van der Waals surface area (Å²) < 4.78 is 18.5. The Morgan fingerprint density at radius 1 is 1.44 bits per heavy atom. The minimum absolute atomic E-state index is 0.0326. The van der Waals surface area contributed by atoms with Crippen LogP contribution in [0.1, 0.15) is 9.67 Å². The van der Waals surface area contributed by atoms with Gasteiger partial charge in [-0.1, -0.05) is 0 Å². The average Bonchev–Trinajstić information content (AvgIpc) is 2.56. The summed E-state index contributed by atoms with van der Waals surface area (Å²) in [6.45, 7) is 0. The summed E-state index contributed by atoms with van der Waals surface area (Å²) in [4.78, 5) is 11.6. The highest BCUT2D eigenvalue weighted by Crippen LogP contribution is 2.36. The van der Waals surface area contributed by atoms with Crippen LogP contribution >= 0.6 is 11.3 Å². The average molecular weight is 240 g/mol. The summed E-state index contributed by atoms with van der Waals surface area (Å²) in [5.74, 6) is -1.08. The van der Waals surface area contributed by atoms with Crippen molar-refractivity contribution in [3.63, 3.8) is 0 Å². The number of nitrogens with two attached hydrogens (primary N) is 2. The van der Waals surface area contributed by atoms with Gasteiger partial charge >= 0.3 is 5.97 Å². The molecule has 1 aromatic carbocycles. The molecule has 2 aromatic rings. The molecule has 0 amide bonds. The first-order valence-corrected chi connectivity index (χ1v) is 5.21. The second-order valence-electron chi connectivity index (χ2n) is 3.21. The van der Waals surface area contributed by atoms with E-state index in [1.54, 1.807) is 0 Å². The molecule has 0 unspecified atom stereocenters. The second-order valence-corrected chi connectivity index (χ2v) is 4.26. The van der Waals surface area contributed by atoms with Crippen LogP contribution in [-0.4, -0.2) is 13.1 Å². The van der Waals surface area contributed by atoms with Gasteiger partial charge in [-0.3, -0.25) is 0 Å². The van der Waals surface area contributed by atoms with Crippen molar-refractivity contribution in [2.45, 2.75) is 0 Å². The fourth-order valence-electron chi connectivity index (χ4n) is 1.40. The number of nitrogen functional groups attached to an aromatic ring is 2. The van der Waals surface area contributed by atoms with Crippen molar-refractivity contribution in [2.24, 2.45) is 0 Å². The molecule has 0 aliphatic carbocycles. The van der Waals surface area contributed by atoms with Crippen molar-refractivity contribution < 1.29 is 13.9 Å². The number of fused-ring (bicyclic) bond motifs is 1. The van der Waals surface area contributed by atoms with E-state index in [0.717, 1.165) is 11.3 Å². The van der Waals surface area contributed by atoms with Gasteiger partial charge in [0.15, 0.2) is 0 Å². The van der Waals surface area contributed by atoms with Crippen molar-refractivity contribution in [1.82, 2.24) is 0 Å². The lowest BCUT2D eigenvalue weighted by Gasteiger charge is -1.97. The van der Waals surface area contributed by atoms with Crippen LogP contribution in [0.2, 0.25) is 0 Å². The number of esters is 1. The Morgan fingerprint density at radius 2 is 2.12 bits per heavy atom. The van der Waals surface area contributed by atoms with E-state index in [-0.39, 0.29) is 16.3 Å². The van der Waals surface area contributed by atoms with E-state index < -0.39 is 11.8 Å². The predicted octanol–water partition coefficient (Wildman–Crippen LogP) is 1.99. The van der Waals surface area contributed by atoms with E-state index in [0.29, 0.717) is 10.1 Å². The Hall–Kier alpha value is -1.82. The van der Waals surface area contributed by atoms with Gasteiger partial charge in [-0.25, -0.2) is 9.18 Å². The number of thiophene rings is 1. The lowest BCUT2D eigenvalue weighted by atomic mass is 10.2. The van der Waals surface area contributed by atoms with Crippen LogP contribution in [0.15, 0.2) is 12.1 Å². The van der Waals surface area contributed by atoms with Gasteiger partial charge in [0.05, 0.1) is 18.5 Å². The van der Waals surface area contributed by atoms with E-state index in [9.17, 15) is 9.18 Å². The fourth-order valence-corrected chi connectivity index (χ4v) is 2.47. The van der Waals surface area contributed by atoms with Crippen molar-refractivity contribution in [1.29, 1.82) is 0 Å². The predicted molar refractivity (Wildman–Crippen MR) is 61.9 cm³/mol. The molecule has 0 atom stereocenters. The van der Waals surface area contributed by atoms with Crippen molar-refractivity contribution >= 4 is 38.8 Å². The molecule has 4 nitrogen and oxygen atoms in total. The number of anilines is 2. The summed E-state index contributed by atoms with van der Waals surface area (Å²) in [7, 11) is 1.26. The van der Waals surface area contributed by atoms with Crippen LogP contribution in [0.5, 0.6) is 0 Å². The zero-order chi connectivity index (χ0) is 11.9. The molecule has 2 rings (SSSR count). The molecule has 0 spiro atoms. The van der Waals surface area contributed by atoms with Gasteiger partial charge in [-0.2, -0.15) is 0 Å². The molecule has 16 heavy (non-hydrogen) atoms. The maximum absolute atomic E-state index is 13.2. The van der Waals surface area contributed by atoms with E-state index in [1.807, 2.05) is 0 Å². The molecule has 0 saturated carbocycles. The Bertz CT molecular complexity index is 580. The molecule has 4 N–H and O–H groups in total. The smallest absolute Gasteiger partial charge is 0.350 e. The van der Waals surface area contributed by atoms with Crippen molar-refractivity contribution in [2.75, 3.05) is 18.6 Å². The quantitative estimate of drug-likeness (QED) is 0.590. The zero-order valence-corrected chi connectivity index (χ0v) is 9.23. The fraction of sp³-hybridized carbons (Fsp3) is 0.100. The molecule has 0 fully saturated rings. The molecule has 0 saturated heterocycles. The van der Waals surface area contributed by atoms with Crippen LogP contribution < -0.4 is 11.5 Å². The first kappa shape index (κ1) is 10.7. The first-order valence-electron chi connectivity index (χ1n) is 4.40. The van der Waals surface area contributed by atoms with Gasteiger partial charge < -0.3 is 16.2 Å². The number of hydrogen-bond acceptors (Lipinski definition) is 5. The highest BCUT2D eigenvalue weighted by atomic mass is 32.1. The van der Waals surface area contributed by atoms with Crippen LogP contribution in [0, 0.1) is 5.82 Å². The lowest BCUT2D eigenvalue weighted by molar-refractivity contribution is 0.0607. The molecular formula is C10H9FN2O2S. The molecule has 0 aliphatic heterocycles. The van der Waals surface area contributed by atoms with Crippen LogP contribution in [-0.2, 0) is 4.74 Å². The SMILES string of the molecule is COC(=O)c1sc2cc(N)c(F)cc2c1N. The Labute approximate surface area is 94.6 Å². The van der Waals surface area contributed by atoms with Gasteiger partial charge in [0.1, 0.15) is 10.7 Å². The highest BCUT2D eigenvalue weighted by Gasteiger charge is 2.17. The maximum atomic E-state index is 13.2. The number of rotatable bonds is 1. The third-order valence-corrected chi connectivity index (χ3v) is 3.36. The Kier molecular flexibility index (Phi) is 2.43. The van der Waals surface area contributed by atoms with E-state index in [1.165, 1.54) is 19.2 Å². The third kappa shape index (κ3) is 1.47. The molecule has 0 aliphatic rings. The molecule has 0 radical (unpaired) electrons. The van der Waals surface area contributed by atoms with Gasteiger partial charge in [0.25, 0.3) is 0 Å². The van der Waals surface area contributed by atoms with Gasteiger partial charge in [0, 0.05) is 10.1 Å². The van der Waals surface area contributed by atoms with E-state index >= 15 is 0 Å². The Balaban J connectivity index is 2.73. The molecular weight excluding hydrogens is 231 g/mol. The summed E-state index contributed by atoms with van der Waals surface area (Å²) in [5, 5.41) is 0.483. The monoisotopic (exact) mass is 240 g/mol. The Morgan fingerprint density at radius 3 is 2.75 bits per heavy atom. The topological polar surface area (TPSA) is 78.3 Å². The number of hydrogen-bond donors (Lipinski definition) is 2. The standard InChI is InChI=1S/C10H9FN2O2S/c1-15-10(14)9-8(13)4-2-5(11)6(12)3-7(4)16-9/h2-3H,12-13H2,1H3. The molecule has 6 heteroatoms. The number of ether oxygens (including phenoxy) is 1. The number of halogens is 1. The van der Waals surface area contributed by atoms with Gasteiger partial charge in [-0.05, 0) is 12.1 Å². The molecule has 1 heterocycles. The number of methoxy groups -OCH3 is 1. The number of carbonyl (C=O) groups is 1. The van der Waals surface area contributed by atoms with Crippen LogP contribution in [0.4, 0.5) is 15.8 Å². The second kappa shape index (κ2) is 3.64. The summed E-state index contributed by atoms with van der Waals surface area (Å²) in [5.41, 5.74) is 11.4. The van der Waals surface area contributed by atoms with E-state index in [2.05, 4.69) is 4.74 Å². The molecule has 84 valence electrons. The summed E-state index contributed by atoms with van der Waals surface area (Å²) in [6.07, 6.45) is 0. The van der Waals surface area contributed by atoms with Crippen LogP contribution in [0.3, 0.4) is 0 Å². The minimum Gasteiger partial charge on any atom is -0.465 e. The molecule has 0 bridgehead atoms. The van der Waals surface area contributed by atoms with Gasteiger partial charge in [0.2, 0.25) is 0 Å². The highest BCUT2D eigenvalue weighted by molar-refractivity contribution is 7.21. The van der Waals surface area contributed by atoms with Gasteiger partial charge in [-0.15, -0.1) is 11.3 Å². The first-order chi connectivity index (χ1) is 7.54. The normalized spacial score (nSPS) is 10.6. The van der Waals surface area contributed by atoms with Crippen molar-refractivity contribution in [3.8, 4) is 0 Å². The number of benzene rings is 1. The number of carbonyl (C=O) groups excluding carboxylic acids is 1. The zero-order valence-electron chi connectivity index (χ0n) is 8.41. The molecule has 1 aromatic heterocycles. The summed E-state index contributed by atoms with van der Waals surface area (Å²) >= 11 is 1.13. The van der Waals surface area contributed by atoms with Crippen molar-refractivity contribution in [3.05, 3.63) is 22.8 Å². The summed E-state index contributed by atoms with van der Waals surface area (Å²) in [6, 6.07) is 2.68.